The maximum Gasteiger partial charge on any atom is 0.305 e. The van der Waals surface area contributed by atoms with Gasteiger partial charge in [0.25, 0.3) is 0 Å². The first kappa shape index (κ1) is 50.0. The van der Waals surface area contributed by atoms with Gasteiger partial charge in [0.05, 0.1) is 26.2 Å². The molecule has 304 valence electrons. The number of carbonyl (C=O) groups is 2. The SMILES string of the molecule is CC/C=C\CCCCOC(=O)CCCCCCCN(CCO)CCCCCCOC(=O)CCC(OCCCC/C=C\CC)OCCCC/C=C\CC. The molecule has 0 atom stereocenters. The Labute approximate surface area is 320 Å². The van der Waals surface area contributed by atoms with Crippen LogP contribution < -0.4 is 0 Å². The molecule has 0 heterocycles. The van der Waals surface area contributed by atoms with Gasteiger partial charge in [0.2, 0.25) is 0 Å². The number of nitrogens with zero attached hydrogens (tertiary/aromatic N) is 1. The standard InChI is InChI=1S/C44H81NO7/c1-4-7-10-13-20-27-38-49-42(47)31-24-17-16-18-25-34-45(36-37-46)35-26-19-23-28-39-50-43(48)32-33-44(51-40-29-21-14-11-8-5-2)52-41-30-22-15-12-9-6-3/h7-12,44,46H,4-6,13-41H2,1-3H3/b10-7-,11-8-,12-9-. The van der Waals surface area contributed by atoms with Crippen molar-refractivity contribution in [2.24, 2.45) is 0 Å². The maximum atomic E-state index is 12.4. The van der Waals surface area contributed by atoms with Crippen LogP contribution in [0.2, 0.25) is 0 Å². The highest BCUT2D eigenvalue weighted by Gasteiger charge is 2.13. The zero-order valence-corrected chi connectivity index (χ0v) is 34.0. The zero-order valence-electron chi connectivity index (χ0n) is 34.0. The lowest BCUT2D eigenvalue weighted by Gasteiger charge is -2.21. The lowest BCUT2D eigenvalue weighted by atomic mass is 10.1. The number of carbonyl (C=O) groups excluding carboxylic acids is 2. The molecule has 8 nitrogen and oxygen atoms in total. The van der Waals surface area contributed by atoms with Crippen molar-refractivity contribution in [2.45, 2.75) is 181 Å². The van der Waals surface area contributed by atoms with Gasteiger partial charge in [-0.05, 0) is 116 Å². The molecule has 1 N–H and O–H groups in total. The van der Waals surface area contributed by atoms with Crippen molar-refractivity contribution in [3.63, 3.8) is 0 Å². The lowest BCUT2D eigenvalue weighted by Crippen LogP contribution is -2.29. The second-order valence-electron chi connectivity index (χ2n) is 13.8. The Morgan fingerprint density at radius 2 is 0.923 bits per heavy atom. The van der Waals surface area contributed by atoms with E-state index in [1.54, 1.807) is 0 Å². The van der Waals surface area contributed by atoms with Gasteiger partial charge in [-0.1, -0.05) is 89.3 Å². The largest absolute Gasteiger partial charge is 0.466 e. The van der Waals surface area contributed by atoms with Gasteiger partial charge in [-0.15, -0.1) is 0 Å². The first-order chi connectivity index (χ1) is 25.6. The van der Waals surface area contributed by atoms with Crippen LogP contribution in [0.3, 0.4) is 0 Å². The highest BCUT2D eigenvalue weighted by molar-refractivity contribution is 5.69. The van der Waals surface area contributed by atoms with Gasteiger partial charge in [0, 0.05) is 32.6 Å². The number of allylic oxidation sites excluding steroid dienone is 6. The molecule has 0 aromatic heterocycles. The molecule has 0 aromatic rings. The minimum absolute atomic E-state index is 0.0645. The number of hydrogen-bond donors (Lipinski definition) is 1. The predicted octanol–water partition coefficient (Wildman–Crippen LogP) is 10.8. The Morgan fingerprint density at radius 1 is 0.500 bits per heavy atom. The summed E-state index contributed by atoms with van der Waals surface area (Å²) in [6, 6.07) is 0. The Bertz CT molecular complexity index is 836. The van der Waals surface area contributed by atoms with Crippen molar-refractivity contribution in [1.29, 1.82) is 0 Å². The summed E-state index contributed by atoms with van der Waals surface area (Å²) < 4.78 is 22.9. The van der Waals surface area contributed by atoms with Gasteiger partial charge >= 0.3 is 11.9 Å². The molecule has 8 heteroatoms. The fourth-order valence-electron chi connectivity index (χ4n) is 5.75. The number of unbranched alkanes of at least 4 members (excludes halogenated alkanes) is 13. The summed E-state index contributed by atoms with van der Waals surface area (Å²) in [5.74, 6) is -0.243. The summed E-state index contributed by atoms with van der Waals surface area (Å²) in [5.41, 5.74) is 0. The summed E-state index contributed by atoms with van der Waals surface area (Å²) >= 11 is 0. The molecule has 0 saturated carbocycles. The van der Waals surface area contributed by atoms with Gasteiger partial charge in [-0.2, -0.15) is 0 Å². The number of esters is 2. The number of ether oxygens (including phenoxy) is 4. The first-order valence-electron chi connectivity index (χ1n) is 21.4. The Hall–Kier alpha value is -2.00. The highest BCUT2D eigenvalue weighted by Crippen LogP contribution is 2.12. The van der Waals surface area contributed by atoms with E-state index in [1.807, 2.05) is 0 Å². The Kier molecular flexibility index (Phi) is 40.1. The van der Waals surface area contributed by atoms with E-state index in [1.165, 1.54) is 0 Å². The molecule has 0 bridgehead atoms. The van der Waals surface area contributed by atoms with Crippen LogP contribution in [-0.2, 0) is 28.5 Å². The summed E-state index contributed by atoms with van der Waals surface area (Å²) in [5, 5.41) is 9.51. The minimum atomic E-state index is -0.361. The van der Waals surface area contributed by atoms with E-state index < -0.39 is 0 Å². The molecule has 0 aliphatic carbocycles. The molecule has 0 aliphatic rings. The van der Waals surface area contributed by atoms with E-state index in [9.17, 15) is 14.7 Å². The molecule has 0 fully saturated rings. The third-order valence-corrected chi connectivity index (χ3v) is 8.86. The molecule has 0 amide bonds. The summed E-state index contributed by atoms with van der Waals surface area (Å²) in [6.45, 7) is 11.6. The molecule has 0 aliphatic heterocycles. The quantitative estimate of drug-likeness (QED) is 0.0288. The van der Waals surface area contributed by atoms with Gasteiger partial charge in [0.15, 0.2) is 6.29 Å². The van der Waals surface area contributed by atoms with Crippen molar-refractivity contribution < 1.29 is 33.6 Å². The Balaban J connectivity index is 4.01. The average Bonchev–Trinajstić information content (AvgIpc) is 3.14. The second-order valence-corrected chi connectivity index (χ2v) is 13.8. The van der Waals surface area contributed by atoms with Crippen molar-refractivity contribution >= 4 is 11.9 Å². The fourth-order valence-corrected chi connectivity index (χ4v) is 5.75. The first-order valence-corrected chi connectivity index (χ1v) is 21.4. The number of aliphatic hydroxyl groups is 1. The van der Waals surface area contributed by atoms with Crippen molar-refractivity contribution in [3.8, 4) is 0 Å². The van der Waals surface area contributed by atoms with E-state index in [4.69, 9.17) is 18.9 Å². The van der Waals surface area contributed by atoms with E-state index in [0.717, 1.165) is 148 Å². The third kappa shape index (κ3) is 37.7. The van der Waals surface area contributed by atoms with Crippen LogP contribution >= 0.6 is 0 Å². The molecule has 0 saturated heterocycles. The van der Waals surface area contributed by atoms with Crippen LogP contribution in [-0.4, -0.2) is 80.9 Å². The van der Waals surface area contributed by atoms with Gasteiger partial charge in [-0.25, -0.2) is 0 Å². The summed E-state index contributed by atoms with van der Waals surface area (Å²) in [4.78, 5) is 26.7. The number of aliphatic hydroxyl groups excluding tert-OH is 1. The van der Waals surface area contributed by atoms with Crippen LogP contribution in [0.25, 0.3) is 0 Å². The third-order valence-electron chi connectivity index (χ3n) is 8.86. The van der Waals surface area contributed by atoms with Gasteiger partial charge in [0.1, 0.15) is 0 Å². The average molecular weight is 736 g/mol. The fraction of sp³-hybridized carbons (Fsp3) is 0.818. The van der Waals surface area contributed by atoms with E-state index in [2.05, 4.69) is 62.1 Å². The van der Waals surface area contributed by atoms with E-state index >= 15 is 0 Å². The molecular weight excluding hydrogens is 654 g/mol. The number of rotatable bonds is 40. The van der Waals surface area contributed by atoms with Gasteiger partial charge in [-0.3, -0.25) is 9.59 Å². The highest BCUT2D eigenvalue weighted by atomic mass is 16.7. The van der Waals surface area contributed by atoms with Crippen LogP contribution in [0.4, 0.5) is 0 Å². The molecule has 0 radical (unpaired) electrons. The second kappa shape index (κ2) is 41.8. The molecule has 0 rings (SSSR count). The molecular formula is C44H81NO7. The smallest absolute Gasteiger partial charge is 0.305 e. The van der Waals surface area contributed by atoms with Crippen molar-refractivity contribution in [3.05, 3.63) is 36.5 Å². The minimum Gasteiger partial charge on any atom is -0.466 e. The molecule has 0 spiro atoms. The number of hydrogen-bond acceptors (Lipinski definition) is 8. The van der Waals surface area contributed by atoms with Crippen LogP contribution in [0.5, 0.6) is 0 Å². The summed E-state index contributed by atoms with van der Waals surface area (Å²) in [7, 11) is 0. The predicted molar refractivity (Wildman–Crippen MR) is 216 cm³/mol. The monoisotopic (exact) mass is 736 g/mol. The normalized spacial score (nSPS) is 12.0. The molecule has 0 unspecified atom stereocenters. The van der Waals surface area contributed by atoms with E-state index in [-0.39, 0.29) is 24.8 Å². The van der Waals surface area contributed by atoms with Crippen LogP contribution in [0, 0.1) is 0 Å². The molecule has 0 aromatic carbocycles. The van der Waals surface area contributed by atoms with E-state index in [0.29, 0.717) is 52.2 Å². The van der Waals surface area contributed by atoms with Crippen molar-refractivity contribution in [2.75, 3.05) is 52.7 Å². The van der Waals surface area contributed by atoms with Crippen LogP contribution in [0.15, 0.2) is 36.5 Å². The Morgan fingerprint density at radius 3 is 1.42 bits per heavy atom. The van der Waals surface area contributed by atoms with Crippen molar-refractivity contribution in [1.82, 2.24) is 4.90 Å². The molecule has 52 heavy (non-hydrogen) atoms. The topological polar surface area (TPSA) is 94.5 Å². The maximum absolute atomic E-state index is 12.4. The zero-order chi connectivity index (χ0) is 38.0. The summed E-state index contributed by atoms with van der Waals surface area (Å²) in [6.07, 6.45) is 36.2. The van der Waals surface area contributed by atoms with Crippen LogP contribution in [0.1, 0.15) is 175 Å². The lowest BCUT2D eigenvalue weighted by molar-refractivity contribution is -0.159. The van der Waals surface area contributed by atoms with Gasteiger partial charge < -0.3 is 29.0 Å².